The maximum absolute atomic E-state index is 9.80. The van der Waals surface area contributed by atoms with Crippen molar-refractivity contribution >= 4 is 0 Å². The summed E-state index contributed by atoms with van der Waals surface area (Å²) in [5.41, 5.74) is 0.767. The lowest BCUT2D eigenvalue weighted by Gasteiger charge is -2.14. The molecule has 1 N–H and O–H groups in total. The van der Waals surface area contributed by atoms with Crippen molar-refractivity contribution < 1.29 is 5.11 Å². The number of hydrogen-bond acceptors (Lipinski definition) is 3. The van der Waals surface area contributed by atoms with Gasteiger partial charge in [0.2, 0.25) is 0 Å². The Bertz CT molecular complexity index is 519. The number of aromatic nitrogens is 3. The fraction of sp³-hybridized carbons (Fsp3) is 0.333. The summed E-state index contributed by atoms with van der Waals surface area (Å²) in [5.74, 6) is 2.08. The van der Waals surface area contributed by atoms with Gasteiger partial charge in [-0.15, -0.1) is 10.2 Å². The third kappa shape index (κ3) is 1.38. The molecule has 1 aliphatic rings. The molecule has 1 aromatic carbocycles. The molecule has 16 heavy (non-hydrogen) atoms. The maximum atomic E-state index is 9.80. The van der Waals surface area contributed by atoms with Gasteiger partial charge in [0.05, 0.1) is 5.56 Å². The number of hydrogen-bond donors (Lipinski definition) is 1. The van der Waals surface area contributed by atoms with Crippen LogP contribution in [0.15, 0.2) is 24.3 Å². The van der Waals surface area contributed by atoms with E-state index < -0.39 is 0 Å². The van der Waals surface area contributed by atoms with E-state index in [0.717, 1.165) is 36.6 Å². The Morgan fingerprint density at radius 2 is 2.00 bits per heavy atom. The first-order chi connectivity index (χ1) is 7.86. The van der Waals surface area contributed by atoms with Crippen LogP contribution in [0.2, 0.25) is 0 Å². The number of aromatic hydroxyl groups is 1. The van der Waals surface area contributed by atoms with Crippen LogP contribution in [-0.2, 0) is 13.0 Å². The summed E-state index contributed by atoms with van der Waals surface area (Å²) >= 11 is 0. The summed E-state index contributed by atoms with van der Waals surface area (Å²) in [5, 5.41) is 18.2. The second-order valence-electron chi connectivity index (χ2n) is 4.07. The Labute approximate surface area is 93.6 Å². The average Bonchev–Trinajstić information content (AvgIpc) is 2.74. The lowest BCUT2D eigenvalue weighted by molar-refractivity contribution is 0.475. The SMILES string of the molecule is Oc1ccccc1-c1nnc2n1CCCC2. The number of phenols is 1. The quantitative estimate of drug-likeness (QED) is 0.791. The highest BCUT2D eigenvalue weighted by molar-refractivity contribution is 5.63. The van der Waals surface area contributed by atoms with Crippen LogP contribution >= 0.6 is 0 Å². The van der Waals surface area contributed by atoms with E-state index in [-0.39, 0.29) is 5.75 Å². The van der Waals surface area contributed by atoms with Gasteiger partial charge >= 0.3 is 0 Å². The van der Waals surface area contributed by atoms with Crippen LogP contribution < -0.4 is 0 Å². The normalized spacial score (nSPS) is 14.8. The molecule has 4 heteroatoms. The van der Waals surface area contributed by atoms with Crippen LogP contribution in [0.1, 0.15) is 18.7 Å². The molecule has 0 spiro atoms. The number of rotatable bonds is 1. The van der Waals surface area contributed by atoms with Crippen molar-refractivity contribution in [2.45, 2.75) is 25.8 Å². The van der Waals surface area contributed by atoms with Gasteiger partial charge in [-0.05, 0) is 25.0 Å². The van der Waals surface area contributed by atoms with Crippen molar-refractivity contribution in [1.82, 2.24) is 14.8 Å². The zero-order chi connectivity index (χ0) is 11.0. The van der Waals surface area contributed by atoms with Gasteiger partial charge in [-0.3, -0.25) is 0 Å². The number of para-hydroxylation sites is 1. The van der Waals surface area contributed by atoms with Crippen LogP contribution in [0, 0.1) is 0 Å². The first-order valence-corrected chi connectivity index (χ1v) is 5.57. The fourth-order valence-electron chi connectivity index (χ4n) is 2.17. The predicted molar refractivity (Wildman–Crippen MR) is 60.1 cm³/mol. The highest BCUT2D eigenvalue weighted by atomic mass is 16.3. The highest BCUT2D eigenvalue weighted by Crippen LogP contribution is 2.29. The lowest BCUT2D eigenvalue weighted by atomic mass is 10.1. The molecule has 0 atom stereocenters. The van der Waals surface area contributed by atoms with Crippen LogP contribution in [0.4, 0.5) is 0 Å². The Kier molecular flexibility index (Phi) is 2.13. The van der Waals surface area contributed by atoms with E-state index in [4.69, 9.17) is 0 Å². The number of phenolic OH excluding ortho intramolecular Hbond substituents is 1. The van der Waals surface area contributed by atoms with E-state index in [9.17, 15) is 5.11 Å². The molecule has 0 amide bonds. The van der Waals surface area contributed by atoms with Gasteiger partial charge in [0.1, 0.15) is 11.6 Å². The molecule has 0 saturated heterocycles. The van der Waals surface area contributed by atoms with Crippen LogP contribution in [-0.4, -0.2) is 19.9 Å². The zero-order valence-electron chi connectivity index (χ0n) is 8.93. The molecule has 1 aromatic heterocycles. The van der Waals surface area contributed by atoms with E-state index in [1.165, 1.54) is 6.42 Å². The summed E-state index contributed by atoms with van der Waals surface area (Å²) in [6, 6.07) is 7.27. The molecule has 0 unspecified atom stereocenters. The van der Waals surface area contributed by atoms with Crippen LogP contribution in [0.3, 0.4) is 0 Å². The van der Waals surface area contributed by atoms with E-state index in [1.807, 2.05) is 18.2 Å². The minimum Gasteiger partial charge on any atom is -0.507 e. The van der Waals surface area contributed by atoms with Gasteiger partial charge in [-0.1, -0.05) is 12.1 Å². The molecule has 1 aliphatic heterocycles. The van der Waals surface area contributed by atoms with Gasteiger partial charge in [-0.2, -0.15) is 0 Å². The number of benzene rings is 1. The largest absolute Gasteiger partial charge is 0.507 e. The average molecular weight is 215 g/mol. The molecule has 2 aromatic rings. The zero-order valence-corrected chi connectivity index (χ0v) is 8.93. The van der Waals surface area contributed by atoms with Gasteiger partial charge in [0.15, 0.2) is 5.82 Å². The van der Waals surface area contributed by atoms with Crippen LogP contribution in [0.25, 0.3) is 11.4 Å². The van der Waals surface area contributed by atoms with Crippen molar-refractivity contribution in [3.63, 3.8) is 0 Å². The van der Waals surface area contributed by atoms with Gasteiger partial charge in [0, 0.05) is 13.0 Å². The Hall–Kier alpha value is -1.84. The predicted octanol–water partition coefficient (Wildman–Crippen LogP) is 1.99. The van der Waals surface area contributed by atoms with Crippen LogP contribution in [0.5, 0.6) is 5.75 Å². The summed E-state index contributed by atoms with van der Waals surface area (Å²) in [6.45, 7) is 0.950. The number of fused-ring (bicyclic) bond motifs is 1. The van der Waals surface area contributed by atoms with E-state index in [0.29, 0.717) is 0 Å². The minimum absolute atomic E-state index is 0.267. The smallest absolute Gasteiger partial charge is 0.167 e. The third-order valence-electron chi connectivity index (χ3n) is 3.00. The molecular formula is C12H13N3O. The minimum atomic E-state index is 0.267. The Morgan fingerprint density at radius 3 is 2.88 bits per heavy atom. The second kappa shape index (κ2) is 3.63. The summed E-state index contributed by atoms with van der Waals surface area (Å²) in [6.07, 6.45) is 3.32. The third-order valence-corrected chi connectivity index (χ3v) is 3.00. The first kappa shape index (κ1) is 9.39. The van der Waals surface area contributed by atoms with E-state index in [2.05, 4.69) is 14.8 Å². The molecular weight excluding hydrogens is 202 g/mol. The molecule has 0 fully saturated rings. The number of aryl methyl sites for hydroxylation is 1. The molecule has 3 rings (SSSR count). The summed E-state index contributed by atoms with van der Waals surface area (Å²) in [4.78, 5) is 0. The number of nitrogens with zero attached hydrogens (tertiary/aromatic N) is 3. The van der Waals surface area contributed by atoms with Crippen molar-refractivity contribution in [2.75, 3.05) is 0 Å². The molecule has 2 heterocycles. The highest BCUT2D eigenvalue weighted by Gasteiger charge is 2.18. The van der Waals surface area contributed by atoms with Gasteiger partial charge in [0.25, 0.3) is 0 Å². The summed E-state index contributed by atoms with van der Waals surface area (Å²) < 4.78 is 2.11. The monoisotopic (exact) mass is 215 g/mol. The van der Waals surface area contributed by atoms with E-state index in [1.54, 1.807) is 6.07 Å². The molecule has 4 nitrogen and oxygen atoms in total. The molecule has 0 radical (unpaired) electrons. The maximum Gasteiger partial charge on any atom is 0.167 e. The van der Waals surface area contributed by atoms with Crippen molar-refractivity contribution in [1.29, 1.82) is 0 Å². The summed E-state index contributed by atoms with van der Waals surface area (Å²) in [7, 11) is 0. The van der Waals surface area contributed by atoms with Crippen molar-refractivity contribution in [2.24, 2.45) is 0 Å². The second-order valence-corrected chi connectivity index (χ2v) is 4.07. The van der Waals surface area contributed by atoms with Crippen molar-refractivity contribution in [3.8, 4) is 17.1 Å². The van der Waals surface area contributed by atoms with Gasteiger partial charge < -0.3 is 9.67 Å². The fourth-order valence-corrected chi connectivity index (χ4v) is 2.17. The topological polar surface area (TPSA) is 50.9 Å². The Morgan fingerprint density at radius 1 is 1.12 bits per heavy atom. The first-order valence-electron chi connectivity index (χ1n) is 5.57. The Balaban J connectivity index is 2.13. The molecule has 0 bridgehead atoms. The van der Waals surface area contributed by atoms with E-state index >= 15 is 0 Å². The standard InChI is InChI=1S/C12H13N3O/c16-10-6-2-1-5-9(10)12-14-13-11-7-3-4-8-15(11)12/h1-2,5-6,16H,3-4,7-8H2. The molecule has 0 aliphatic carbocycles. The van der Waals surface area contributed by atoms with Gasteiger partial charge in [-0.25, -0.2) is 0 Å². The van der Waals surface area contributed by atoms with Crippen molar-refractivity contribution in [3.05, 3.63) is 30.1 Å². The molecule has 82 valence electrons. The molecule has 0 saturated carbocycles. The lowest BCUT2D eigenvalue weighted by Crippen LogP contribution is -2.11.